The zero-order chi connectivity index (χ0) is 14.7. The van der Waals surface area contributed by atoms with Crippen LogP contribution in [0.4, 0.5) is 5.82 Å². The molecule has 0 fully saturated rings. The van der Waals surface area contributed by atoms with Gasteiger partial charge in [0.15, 0.2) is 5.82 Å². The maximum atomic E-state index is 12.2. The Labute approximate surface area is 133 Å². The number of carbonyl (C=O) groups is 1. The van der Waals surface area contributed by atoms with Gasteiger partial charge in [0.25, 0.3) is 5.91 Å². The maximum absolute atomic E-state index is 12.2. The first kappa shape index (κ1) is 14.9. The van der Waals surface area contributed by atoms with Gasteiger partial charge in [0, 0.05) is 5.56 Å². The van der Waals surface area contributed by atoms with Crippen molar-refractivity contribution >= 4 is 43.6 Å². The summed E-state index contributed by atoms with van der Waals surface area (Å²) in [5.41, 5.74) is 1.46. The van der Waals surface area contributed by atoms with Gasteiger partial charge < -0.3 is 10.1 Å². The van der Waals surface area contributed by atoms with E-state index in [2.05, 4.69) is 47.1 Å². The molecule has 0 saturated carbocycles. The van der Waals surface area contributed by atoms with E-state index in [1.54, 1.807) is 19.2 Å². The molecule has 1 N–H and O–H groups in total. The van der Waals surface area contributed by atoms with Crippen LogP contribution in [0.1, 0.15) is 15.9 Å². The fraction of sp³-hybridized carbons (Fsp3) is 0.154. The molecule has 0 saturated heterocycles. The number of ether oxygens (including phenoxy) is 1. The molecule has 2 rings (SSSR count). The van der Waals surface area contributed by atoms with Crippen molar-refractivity contribution in [2.75, 3.05) is 12.4 Å². The number of aromatic nitrogens is 2. The smallest absolute Gasteiger partial charge is 0.257 e. The number of hydrogen-bond donors (Lipinski definition) is 1. The lowest BCUT2D eigenvalue weighted by Gasteiger charge is -2.09. The van der Waals surface area contributed by atoms with Crippen LogP contribution >= 0.6 is 31.9 Å². The molecular formula is C13H11Br2N3O2. The summed E-state index contributed by atoms with van der Waals surface area (Å²) in [4.78, 5) is 20.3. The molecule has 1 amide bonds. The van der Waals surface area contributed by atoms with E-state index in [4.69, 9.17) is 4.74 Å². The molecule has 0 aliphatic heterocycles. The molecule has 2 aromatic rings. The molecule has 0 radical (unpaired) electrons. The first-order valence-electron chi connectivity index (χ1n) is 5.65. The Bertz CT molecular complexity index is 662. The third-order valence-electron chi connectivity index (χ3n) is 2.60. The van der Waals surface area contributed by atoms with Crippen molar-refractivity contribution in [1.82, 2.24) is 9.97 Å². The average Bonchev–Trinajstić information content (AvgIpc) is 2.42. The molecule has 0 aliphatic rings. The fourth-order valence-corrected chi connectivity index (χ4v) is 2.48. The number of hydrogen-bond acceptors (Lipinski definition) is 4. The summed E-state index contributed by atoms with van der Waals surface area (Å²) < 4.78 is 6.24. The predicted octanol–water partition coefficient (Wildman–Crippen LogP) is 3.57. The minimum atomic E-state index is -0.277. The van der Waals surface area contributed by atoms with E-state index in [9.17, 15) is 4.79 Å². The van der Waals surface area contributed by atoms with Crippen LogP contribution in [0, 0.1) is 6.92 Å². The zero-order valence-electron chi connectivity index (χ0n) is 10.8. The Balaban J connectivity index is 2.24. The van der Waals surface area contributed by atoms with Crippen molar-refractivity contribution in [3.63, 3.8) is 0 Å². The van der Waals surface area contributed by atoms with Crippen LogP contribution in [0.15, 0.2) is 33.6 Å². The molecular weight excluding hydrogens is 390 g/mol. The average molecular weight is 401 g/mol. The van der Waals surface area contributed by atoms with Crippen molar-refractivity contribution < 1.29 is 9.53 Å². The van der Waals surface area contributed by atoms with E-state index >= 15 is 0 Å². The summed E-state index contributed by atoms with van der Waals surface area (Å²) in [7, 11) is 1.57. The quantitative estimate of drug-likeness (QED) is 0.855. The second-order valence-corrected chi connectivity index (χ2v) is 5.53. The van der Waals surface area contributed by atoms with Crippen LogP contribution in [0.5, 0.6) is 5.75 Å². The number of amides is 1. The van der Waals surface area contributed by atoms with E-state index in [0.29, 0.717) is 26.3 Å². The van der Waals surface area contributed by atoms with Crippen molar-refractivity contribution in [3.05, 3.63) is 44.7 Å². The minimum Gasteiger partial charge on any atom is -0.496 e. The highest BCUT2D eigenvalue weighted by molar-refractivity contribution is 9.11. The Hall–Kier alpha value is -1.47. The van der Waals surface area contributed by atoms with Crippen LogP contribution in [-0.4, -0.2) is 23.0 Å². The van der Waals surface area contributed by atoms with Gasteiger partial charge in [-0.2, -0.15) is 0 Å². The fourth-order valence-electron chi connectivity index (χ4n) is 1.57. The Kier molecular flexibility index (Phi) is 4.72. The van der Waals surface area contributed by atoms with Crippen molar-refractivity contribution in [3.8, 4) is 5.75 Å². The number of carbonyl (C=O) groups excluding carboxylic acids is 1. The van der Waals surface area contributed by atoms with Gasteiger partial charge in [-0.25, -0.2) is 9.97 Å². The maximum Gasteiger partial charge on any atom is 0.257 e. The number of nitrogens with zero attached hydrogens (tertiary/aromatic N) is 2. The number of nitrogens with one attached hydrogen (secondary N) is 1. The number of rotatable bonds is 3. The van der Waals surface area contributed by atoms with Gasteiger partial charge in [0.1, 0.15) is 15.0 Å². The number of methoxy groups -OCH3 is 1. The van der Waals surface area contributed by atoms with Crippen molar-refractivity contribution in [1.29, 1.82) is 0 Å². The largest absolute Gasteiger partial charge is 0.496 e. The number of benzene rings is 1. The highest BCUT2D eigenvalue weighted by Gasteiger charge is 2.12. The molecule has 20 heavy (non-hydrogen) atoms. The van der Waals surface area contributed by atoms with Crippen LogP contribution in [0.2, 0.25) is 0 Å². The standard InChI is InChI=1S/C13H11Br2N3O2/c1-7-3-4-8(5-9(7)20-2)13(19)18-12-11(15)17-10(14)6-16-12/h3-6H,1-2H3,(H,16,18,19). The first-order chi connectivity index (χ1) is 9.51. The van der Waals surface area contributed by atoms with Gasteiger partial charge >= 0.3 is 0 Å². The van der Waals surface area contributed by atoms with Gasteiger partial charge in [0.2, 0.25) is 0 Å². The van der Waals surface area contributed by atoms with E-state index in [1.165, 1.54) is 6.20 Å². The Morgan fingerprint density at radius 3 is 2.75 bits per heavy atom. The Morgan fingerprint density at radius 2 is 2.10 bits per heavy atom. The summed E-state index contributed by atoms with van der Waals surface area (Å²) in [6.07, 6.45) is 1.51. The lowest BCUT2D eigenvalue weighted by molar-refractivity contribution is 0.102. The number of halogens is 2. The normalized spacial score (nSPS) is 10.2. The number of anilines is 1. The molecule has 0 unspecified atom stereocenters. The zero-order valence-corrected chi connectivity index (χ0v) is 13.9. The van der Waals surface area contributed by atoms with Gasteiger partial charge in [0.05, 0.1) is 13.3 Å². The SMILES string of the molecule is COc1cc(C(=O)Nc2ncc(Br)nc2Br)ccc1C. The van der Waals surface area contributed by atoms with Crippen LogP contribution < -0.4 is 10.1 Å². The summed E-state index contributed by atoms with van der Waals surface area (Å²) in [6.45, 7) is 1.91. The molecule has 1 heterocycles. The van der Waals surface area contributed by atoms with Crippen molar-refractivity contribution in [2.45, 2.75) is 6.92 Å². The second kappa shape index (κ2) is 6.32. The van der Waals surface area contributed by atoms with Crippen LogP contribution in [0.25, 0.3) is 0 Å². The molecule has 1 aromatic heterocycles. The predicted molar refractivity (Wildman–Crippen MR) is 83.1 cm³/mol. The first-order valence-corrected chi connectivity index (χ1v) is 7.24. The van der Waals surface area contributed by atoms with Gasteiger partial charge in [-0.1, -0.05) is 6.07 Å². The summed E-state index contributed by atoms with van der Waals surface area (Å²) >= 11 is 6.45. The summed E-state index contributed by atoms with van der Waals surface area (Å²) in [6, 6.07) is 5.24. The molecule has 7 heteroatoms. The number of aryl methyl sites for hydroxylation is 1. The van der Waals surface area contributed by atoms with Gasteiger partial charge in [-0.3, -0.25) is 4.79 Å². The highest BCUT2D eigenvalue weighted by atomic mass is 79.9. The summed E-state index contributed by atoms with van der Waals surface area (Å²) in [5, 5.41) is 2.69. The molecule has 1 aromatic carbocycles. The monoisotopic (exact) mass is 399 g/mol. The second-order valence-electron chi connectivity index (χ2n) is 3.97. The van der Waals surface area contributed by atoms with E-state index in [1.807, 2.05) is 13.0 Å². The molecule has 5 nitrogen and oxygen atoms in total. The molecule has 0 bridgehead atoms. The third kappa shape index (κ3) is 3.34. The molecule has 0 atom stereocenters. The lowest BCUT2D eigenvalue weighted by atomic mass is 10.1. The molecule has 0 spiro atoms. The Morgan fingerprint density at radius 1 is 1.35 bits per heavy atom. The molecule has 0 aliphatic carbocycles. The van der Waals surface area contributed by atoms with Crippen LogP contribution in [0.3, 0.4) is 0 Å². The topological polar surface area (TPSA) is 64.1 Å². The van der Waals surface area contributed by atoms with Gasteiger partial charge in [-0.05, 0) is 56.5 Å². The third-order valence-corrected chi connectivity index (χ3v) is 3.54. The minimum absolute atomic E-state index is 0.277. The summed E-state index contributed by atoms with van der Waals surface area (Å²) in [5.74, 6) is 0.747. The molecule has 104 valence electrons. The van der Waals surface area contributed by atoms with E-state index < -0.39 is 0 Å². The van der Waals surface area contributed by atoms with E-state index in [0.717, 1.165) is 5.56 Å². The van der Waals surface area contributed by atoms with Gasteiger partial charge in [-0.15, -0.1) is 0 Å². The van der Waals surface area contributed by atoms with Crippen LogP contribution in [-0.2, 0) is 0 Å². The highest BCUT2D eigenvalue weighted by Crippen LogP contribution is 2.22. The van der Waals surface area contributed by atoms with Crippen molar-refractivity contribution in [2.24, 2.45) is 0 Å². The lowest BCUT2D eigenvalue weighted by Crippen LogP contribution is -2.14. The van der Waals surface area contributed by atoms with E-state index in [-0.39, 0.29) is 5.91 Å².